The first kappa shape index (κ1) is 19.7. The molecule has 3 amide bonds. The van der Waals surface area contributed by atoms with Crippen molar-refractivity contribution in [2.24, 2.45) is 5.92 Å². The summed E-state index contributed by atoms with van der Waals surface area (Å²) in [5, 5.41) is 14.6. The summed E-state index contributed by atoms with van der Waals surface area (Å²) in [6, 6.07) is 8.24. The fraction of sp³-hybridized carbons (Fsp3) is 0.409. The number of nitriles is 1. The van der Waals surface area contributed by atoms with Gasteiger partial charge in [-0.15, -0.1) is 0 Å². The maximum Gasteiger partial charge on any atom is 0.332 e. The van der Waals surface area contributed by atoms with Gasteiger partial charge in [0.25, 0.3) is 5.91 Å². The Labute approximate surface area is 185 Å². The van der Waals surface area contributed by atoms with Crippen molar-refractivity contribution in [3.8, 4) is 6.07 Å². The monoisotopic (exact) mass is 434 g/mol. The molecule has 1 N–H and O–H groups in total. The number of hydrogen-bond acceptors (Lipinski definition) is 5. The topological polar surface area (TPSA) is 92.6 Å². The van der Waals surface area contributed by atoms with Crippen LogP contribution in [0.4, 0.5) is 10.5 Å². The van der Waals surface area contributed by atoms with E-state index >= 15 is 0 Å². The molecule has 31 heavy (non-hydrogen) atoms. The molecule has 2 unspecified atom stereocenters. The van der Waals surface area contributed by atoms with E-state index in [1.165, 1.54) is 11.1 Å². The highest BCUT2D eigenvalue weighted by molar-refractivity contribution is 7.80. The lowest BCUT2D eigenvalue weighted by Gasteiger charge is -2.36. The summed E-state index contributed by atoms with van der Waals surface area (Å²) < 4.78 is 0. The highest BCUT2D eigenvalue weighted by Gasteiger charge is 2.62. The van der Waals surface area contributed by atoms with Crippen LogP contribution in [0.15, 0.2) is 30.5 Å². The Morgan fingerprint density at radius 1 is 1.32 bits per heavy atom. The number of imide groups is 1. The molecule has 3 atom stereocenters. The molecule has 0 radical (unpaired) electrons. The zero-order chi connectivity index (χ0) is 21.9. The average molecular weight is 435 g/mol. The number of amides is 3. The molecule has 8 nitrogen and oxygen atoms in total. The number of carbonyl (C=O) groups is 2. The number of aromatic nitrogens is 1. The molecule has 3 saturated heterocycles. The maximum atomic E-state index is 13.5. The van der Waals surface area contributed by atoms with E-state index in [0.29, 0.717) is 34.0 Å². The van der Waals surface area contributed by atoms with Gasteiger partial charge in [-0.1, -0.05) is 38.1 Å². The van der Waals surface area contributed by atoms with E-state index in [1.54, 1.807) is 11.0 Å². The highest BCUT2D eigenvalue weighted by atomic mass is 32.1. The van der Waals surface area contributed by atoms with Crippen molar-refractivity contribution in [2.45, 2.75) is 38.4 Å². The van der Waals surface area contributed by atoms with Crippen LogP contribution in [-0.4, -0.2) is 63.0 Å². The molecule has 0 saturated carbocycles. The van der Waals surface area contributed by atoms with Crippen molar-refractivity contribution >= 4 is 45.7 Å². The summed E-state index contributed by atoms with van der Waals surface area (Å²) in [4.78, 5) is 36.1. The smallest absolute Gasteiger partial charge is 0.332 e. The first-order valence-electron chi connectivity index (χ1n) is 10.4. The number of rotatable bonds is 3. The van der Waals surface area contributed by atoms with E-state index in [9.17, 15) is 14.9 Å². The molecule has 3 aliphatic heterocycles. The first-order chi connectivity index (χ1) is 14.9. The van der Waals surface area contributed by atoms with Crippen molar-refractivity contribution in [3.63, 3.8) is 0 Å². The molecule has 0 spiro atoms. The SMILES string of the molecule is CC(C)CNC(=S)N1CC2CC1[C@@H]1C(=O)N(c3cnc(C#N)c4ccccc34)C(=O)N21. The second-order valence-electron chi connectivity index (χ2n) is 8.65. The predicted octanol–water partition coefficient (Wildman–Crippen LogP) is 2.23. The van der Waals surface area contributed by atoms with Gasteiger partial charge < -0.3 is 15.1 Å². The maximum absolute atomic E-state index is 13.5. The second kappa shape index (κ2) is 7.17. The van der Waals surface area contributed by atoms with Crippen LogP contribution >= 0.6 is 12.2 Å². The Kier molecular flexibility index (Phi) is 4.55. The van der Waals surface area contributed by atoms with Crippen molar-refractivity contribution in [3.05, 3.63) is 36.2 Å². The van der Waals surface area contributed by atoms with Gasteiger partial charge in [0.15, 0.2) is 5.11 Å². The van der Waals surface area contributed by atoms with Crippen LogP contribution < -0.4 is 10.2 Å². The number of piperazine rings is 1. The Morgan fingerprint density at radius 3 is 2.77 bits per heavy atom. The zero-order valence-electron chi connectivity index (χ0n) is 17.3. The van der Waals surface area contributed by atoms with E-state index in [0.717, 1.165) is 13.0 Å². The van der Waals surface area contributed by atoms with Gasteiger partial charge in [-0.2, -0.15) is 5.26 Å². The summed E-state index contributed by atoms with van der Waals surface area (Å²) in [5.41, 5.74) is 0.692. The van der Waals surface area contributed by atoms with Crippen LogP contribution in [0.5, 0.6) is 0 Å². The lowest BCUT2D eigenvalue weighted by Crippen LogP contribution is -2.57. The number of fused-ring (bicyclic) bond motifs is 6. The number of thiocarbonyl (C=S) groups is 1. The number of likely N-dealkylation sites (tertiary alicyclic amines) is 1. The molecule has 5 rings (SSSR count). The summed E-state index contributed by atoms with van der Waals surface area (Å²) in [6.07, 6.45) is 2.19. The number of anilines is 1. The van der Waals surface area contributed by atoms with E-state index in [2.05, 4.69) is 35.1 Å². The van der Waals surface area contributed by atoms with Crippen molar-refractivity contribution in [1.82, 2.24) is 20.1 Å². The molecule has 9 heteroatoms. The highest BCUT2D eigenvalue weighted by Crippen LogP contribution is 2.43. The zero-order valence-corrected chi connectivity index (χ0v) is 18.1. The summed E-state index contributed by atoms with van der Waals surface area (Å²) >= 11 is 5.58. The third-order valence-electron chi connectivity index (χ3n) is 6.31. The molecule has 4 heterocycles. The van der Waals surface area contributed by atoms with Crippen LogP contribution in [0, 0.1) is 17.2 Å². The molecular weight excluding hydrogens is 412 g/mol. The molecule has 1 aromatic carbocycles. The fourth-order valence-corrected chi connectivity index (χ4v) is 5.24. The fourth-order valence-electron chi connectivity index (χ4n) is 4.95. The van der Waals surface area contributed by atoms with Gasteiger partial charge >= 0.3 is 6.03 Å². The number of benzene rings is 1. The van der Waals surface area contributed by atoms with Crippen LogP contribution in [-0.2, 0) is 4.79 Å². The Morgan fingerprint density at radius 2 is 2.06 bits per heavy atom. The molecule has 0 aliphatic carbocycles. The van der Waals surface area contributed by atoms with Gasteiger partial charge in [0, 0.05) is 23.9 Å². The van der Waals surface area contributed by atoms with E-state index in [1.807, 2.05) is 18.2 Å². The van der Waals surface area contributed by atoms with Gasteiger partial charge in [-0.05, 0) is 24.6 Å². The molecule has 3 fully saturated rings. The van der Waals surface area contributed by atoms with Crippen LogP contribution in [0.3, 0.4) is 0 Å². The van der Waals surface area contributed by atoms with Crippen molar-refractivity contribution < 1.29 is 9.59 Å². The van der Waals surface area contributed by atoms with E-state index in [4.69, 9.17) is 12.2 Å². The third kappa shape index (κ3) is 2.86. The molecule has 2 aromatic rings. The quantitative estimate of drug-likeness (QED) is 0.585. The molecular formula is C22H22N6O2S. The van der Waals surface area contributed by atoms with E-state index in [-0.39, 0.29) is 29.7 Å². The number of hydrogen-bond donors (Lipinski definition) is 1. The van der Waals surface area contributed by atoms with Crippen molar-refractivity contribution in [2.75, 3.05) is 18.0 Å². The lowest BCUT2D eigenvalue weighted by molar-refractivity contribution is -0.120. The molecule has 1 aromatic heterocycles. The first-order valence-corrected chi connectivity index (χ1v) is 10.8. The standard InChI is InChI=1S/C22H22N6O2S/c1-12(2)9-25-21(31)26-11-13-7-17(26)19-20(29)28(22(30)27(13)19)18-10-24-16(8-23)14-5-3-4-6-15(14)18/h3-6,10,12-13,17,19H,7,9,11H2,1-2H3,(H,25,31)/t13?,17?,19-/m1/s1. The lowest BCUT2D eigenvalue weighted by atomic mass is 10.1. The second-order valence-corrected chi connectivity index (χ2v) is 9.03. The molecule has 2 bridgehead atoms. The number of carbonyl (C=O) groups excluding carboxylic acids is 2. The Hall–Kier alpha value is -3.25. The number of urea groups is 1. The Balaban J connectivity index is 1.48. The minimum Gasteiger partial charge on any atom is -0.362 e. The third-order valence-corrected chi connectivity index (χ3v) is 6.69. The largest absolute Gasteiger partial charge is 0.362 e. The number of pyridine rings is 1. The minimum atomic E-state index is -0.556. The van der Waals surface area contributed by atoms with Gasteiger partial charge in [0.1, 0.15) is 17.8 Å². The number of nitrogens with one attached hydrogen (secondary N) is 1. The average Bonchev–Trinajstić information content (AvgIpc) is 3.43. The Bertz CT molecular complexity index is 1160. The van der Waals surface area contributed by atoms with Gasteiger partial charge in [-0.25, -0.2) is 14.7 Å². The minimum absolute atomic E-state index is 0.0483. The summed E-state index contributed by atoms with van der Waals surface area (Å²) in [7, 11) is 0. The van der Waals surface area contributed by atoms with E-state index < -0.39 is 6.04 Å². The number of nitrogens with zero attached hydrogens (tertiary/aromatic N) is 5. The van der Waals surface area contributed by atoms with Crippen LogP contribution in [0.1, 0.15) is 26.0 Å². The van der Waals surface area contributed by atoms with Crippen LogP contribution in [0.25, 0.3) is 10.8 Å². The summed E-state index contributed by atoms with van der Waals surface area (Å²) in [5.74, 6) is 0.196. The van der Waals surface area contributed by atoms with Gasteiger partial charge in [0.05, 0.1) is 24.0 Å². The predicted molar refractivity (Wildman–Crippen MR) is 119 cm³/mol. The molecule has 158 valence electrons. The van der Waals surface area contributed by atoms with Gasteiger partial charge in [-0.3, -0.25) is 4.79 Å². The van der Waals surface area contributed by atoms with Gasteiger partial charge in [0.2, 0.25) is 0 Å². The van der Waals surface area contributed by atoms with Crippen LogP contribution in [0.2, 0.25) is 0 Å². The molecule has 3 aliphatic rings. The van der Waals surface area contributed by atoms with Crippen molar-refractivity contribution in [1.29, 1.82) is 5.26 Å². The summed E-state index contributed by atoms with van der Waals surface area (Å²) in [6.45, 7) is 5.62. The normalized spacial score (nSPS) is 24.3.